The number of halogens is 1. The second-order valence-electron chi connectivity index (χ2n) is 5.54. The first kappa shape index (κ1) is 18.5. The van der Waals surface area contributed by atoms with Crippen molar-refractivity contribution in [2.24, 2.45) is 5.10 Å². The molecule has 5 nitrogen and oxygen atoms in total. The fourth-order valence-electron chi connectivity index (χ4n) is 2.26. The van der Waals surface area contributed by atoms with E-state index in [9.17, 15) is 9.59 Å². The van der Waals surface area contributed by atoms with Crippen molar-refractivity contribution in [1.82, 2.24) is 5.43 Å². The summed E-state index contributed by atoms with van der Waals surface area (Å²) in [6.45, 7) is 0. The van der Waals surface area contributed by atoms with Gasteiger partial charge in [0.05, 0.1) is 11.8 Å². The summed E-state index contributed by atoms with van der Waals surface area (Å²) in [5.41, 5.74) is 4.11. The molecule has 6 heteroatoms. The minimum atomic E-state index is -0.437. The molecule has 0 saturated carbocycles. The van der Waals surface area contributed by atoms with Crippen molar-refractivity contribution in [2.75, 3.05) is 0 Å². The third-order valence-corrected chi connectivity index (χ3v) is 4.04. The molecule has 1 N–H and O–H groups in total. The van der Waals surface area contributed by atoms with Crippen LogP contribution in [-0.2, 0) is 0 Å². The Morgan fingerprint density at radius 3 is 2.41 bits per heavy atom. The lowest BCUT2D eigenvalue weighted by molar-refractivity contribution is 0.0734. The highest BCUT2D eigenvalue weighted by molar-refractivity contribution is 9.10. The van der Waals surface area contributed by atoms with Gasteiger partial charge >= 0.3 is 5.97 Å². The van der Waals surface area contributed by atoms with Gasteiger partial charge in [0.25, 0.3) is 5.91 Å². The molecular weight excluding hydrogens is 408 g/mol. The summed E-state index contributed by atoms with van der Waals surface area (Å²) in [6, 6.07) is 22.6. The van der Waals surface area contributed by atoms with E-state index in [2.05, 4.69) is 26.5 Å². The number of amides is 1. The lowest BCUT2D eigenvalue weighted by Crippen LogP contribution is -2.17. The van der Waals surface area contributed by atoms with Crippen molar-refractivity contribution < 1.29 is 14.3 Å². The van der Waals surface area contributed by atoms with Crippen molar-refractivity contribution in [3.8, 4) is 5.75 Å². The van der Waals surface area contributed by atoms with Gasteiger partial charge in [0.15, 0.2) is 0 Å². The second kappa shape index (κ2) is 8.91. The van der Waals surface area contributed by atoms with Gasteiger partial charge < -0.3 is 4.74 Å². The monoisotopic (exact) mass is 422 g/mol. The van der Waals surface area contributed by atoms with Crippen LogP contribution in [0, 0.1) is 0 Å². The highest BCUT2D eigenvalue weighted by Gasteiger charge is 2.08. The minimum absolute atomic E-state index is 0.320. The molecule has 3 aromatic carbocycles. The van der Waals surface area contributed by atoms with Crippen LogP contribution in [0.1, 0.15) is 26.3 Å². The normalized spacial score (nSPS) is 10.6. The Morgan fingerprint density at radius 1 is 0.889 bits per heavy atom. The molecular formula is C21H15BrN2O3. The molecule has 3 aromatic rings. The van der Waals surface area contributed by atoms with Gasteiger partial charge in [0, 0.05) is 10.0 Å². The van der Waals surface area contributed by atoms with E-state index in [-0.39, 0.29) is 5.91 Å². The molecule has 0 aliphatic carbocycles. The van der Waals surface area contributed by atoms with Gasteiger partial charge in [0.1, 0.15) is 5.75 Å². The van der Waals surface area contributed by atoms with E-state index in [1.807, 2.05) is 12.1 Å². The lowest BCUT2D eigenvalue weighted by atomic mass is 10.2. The van der Waals surface area contributed by atoms with E-state index in [4.69, 9.17) is 4.74 Å². The standard InChI is InChI=1S/C21H15BrN2O3/c22-18-10-5-9-17(13-18)20(25)24-23-14-15-6-4-11-19(12-15)27-21(26)16-7-2-1-3-8-16/h1-14H,(H,24,25)/b23-14+. The topological polar surface area (TPSA) is 67.8 Å². The number of benzene rings is 3. The summed E-state index contributed by atoms with van der Waals surface area (Å²) in [4.78, 5) is 24.1. The molecule has 1 amide bonds. The van der Waals surface area contributed by atoms with E-state index >= 15 is 0 Å². The SMILES string of the molecule is O=C(N/N=C/c1cccc(OC(=O)c2ccccc2)c1)c1cccc(Br)c1. The van der Waals surface area contributed by atoms with Gasteiger partial charge in [-0.2, -0.15) is 5.10 Å². The zero-order valence-corrected chi connectivity index (χ0v) is 15.7. The van der Waals surface area contributed by atoms with Crippen molar-refractivity contribution in [1.29, 1.82) is 0 Å². The van der Waals surface area contributed by atoms with Crippen LogP contribution in [-0.4, -0.2) is 18.1 Å². The third-order valence-electron chi connectivity index (χ3n) is 3.54. The van der Waals surface area contributed by atoms with Gasteiger partial charge in [0.2, 0.25) is 0 Å². The molecule has 0 heterocycles. The van der Waals surface area contributed by atoms with Crippen LogP contribution < -0.4 is 10.2 Å². The quantitative estimate of drug-likeness (QED) is 0.286. The Morgan fingerprint density at radius 2 is 1.63 bits per heavy atom. The zero-order valence-electron chi connectivity index (χ0n) is 14.1. The number of esters is 1. The Balaban J connectivity index is 1.62. The molecule has 0 saturated heterocycles. The predicted octanol–water partition coefficient (Wildman–Crippen LogP) is 4.43. The Hall–Kier alpha value is -3.25. The second-order valence-corrected chi connectivity index (χ2v) is 6.45. The first-order valence-electron chi connectivity index (χ1n) is 8.08. The summed E-state index contributed by atoms with van der Waals surface area (Å²) in [5.74, 6) is -0.363. The fourth-order valence-corrected chi connectivity index (χ4v) is 2.66. The van der Waals surface area contributed by atoms with E-state index in [0.29, 0.717) is 22.4 Å². The number of ether oxygens (including phenoxy) is 1. The molecule has 3 rings (SSSR count). The first-order chi connectivity index (χ1) is 13.1. The Kier molecular flexibility index (Phi) is 6.12. The van der Waals surface area contributed by atoms with Crippen molar-refractivity contribution >= 4 is 34.0 Å². The number of carbonyl (C=O) groups is 2. The van der Waals surface area contributed by atoms with Gasteiger partial charge in [-0.25, -0.2) is 10.2 Å². The molecule has 0 fully saturated rings. The van der Waals surface area contributed by atoms with Crippen LogP contribution in [0.4, 0.5) is 0 Å². The smallest absolute Gasteiger partial charge is 0.343 e. The van der Waals surface area contributed by atoms with E-state index in [1.165, 1.54) is 6.21 Å². The highest BCUT2D eigenvalue weighted by Crippen LogP contribution is 2.14. The molecule has 0 radical (unpaired) electrons. The number of carbonyl (C=O) groups excluding carboxylic acids is 2. The van der Waals surface area contributed by atoms with E-state index < -0.39 is 5.97 Å². The number of hydrogen-bond donors (Lipinski definition) is 1. The molecule has 0 aromatic heterocycles. The fraction of sp³-hybridized carbons (Fsp3) is 0. The maximum Gasteiger partial charge on any atom is 0.343 e. The van der Waals surface area contributed by atoms with E-state index in [0.717, 1.165) is 4.47 Å². The van der Waals surface area contributed by atoms with E-state index in [1.54, 1.807) is 66.7 Å². The predicted molar refractivity (Wildman–Crippen MR) is 107 cm³/mol. The Bertz CT molecular complexity index is 987. The molecule has 134 valence electrons. The molecule has 0 bridgehead atoms. The van der Waals surface area contributed by atoms with Gasteiger partial charge in [-0.3, -0.25) is 4.79 Å². The average Bonchev–Trinajstić information content (AvgIpc) is 2.69. The van der Waals surface area contributed by atoms with Gasteiger partial charge in [-0.1, -0.05) is 52.3 Å². The number of nitrogens with one attached hydrogen (secondary N) is 1. The minimum Gasteiger partial charge on any atom is -0.423 e. The molecule has 27 heavy (non-hydrogen) atoms. The third kappa shape index (κ3) is 5.36. The summed E-state index contributed by atoms with van der Waals surface area (Å²) < 4.78 is 6.17. The maximum absolute atomic E-state index is 12.1. The summed E-state index contributed by atoms with van der Waals surface area (Å²) in [6.07, 6.45) is 1.48. The number of hydrogen-bond acceptors (Lipinski definition) is 4. The van der Waals surface area contributed by atoms with Crippen LogP contribution in [0.3, 0.4) is 0 Å². The van der Waals surface area contributed by atoms with Crippen molar-refractivity contribution in [3.05, 3.63) is 100 Å². The van der Waals surface area contributed by atoms with Crippen LogP contribution in [0.2, 0.25) is 0 Å². The van der Waals surface area contributed by atoms with Gasteiger partial charge in [-0.05, 0) is 48.0 Å². The molecule has 0 aliphatic rings. The molecule has 0 atom stereocenters. The summed E-state index contributed by atoms with van der Waals surface area (Å²) in [5, 5.41) is 3.95. The van der Waals surface area contributed by atoms with Crippen LogP contribution in [0.25, 0.3) is 0 Å². The molecule has 0 aliphatic heterocycles. The lowest BCUT2D eigenvalue weighted by Gasteiger charge is -2.05. The largest absolute Gasteiger partial charge is 0.423 e. The first-order valence-corrected chi connectivity index (χ1v) is 8.87. The number of nitrogens with zero attached hydrogens (tertiary/aromatic N) is 1. The van der Waals surface area contributed by atoms with Crippen molar-refractivity contribution in [2.45, 2.75) is 0 Å². The molecule has 0 unspecified atom stereocenters. The van der Waals surface area contributed by atoms with Crippen LogP contribution in [0.5, 0.6) is 5.75 Å². The van der Waals surface area contributed by atoms with Crippen LogP contribution in [0.15, 0.2) is 88.4 Å². The summed E-state index contributed by atoms with van der Waals surface area (Å²) >= 11 is 3.32. The summed E-state index contributed by atoms with van der Waals surface area (Å²) in [7, 11) is 0. The number of hydrazone groups is 1. The van der Waals surface area contributed by atoms with Crippen LogP contribution >= 0.6 is 15.9 Å². The van der Waals surface area contributed by atoms with Gasteiger partial charge in [-0.15, -0.1) is 0 Å². The Labute approximate surface area is 164 Å². The maximum atomic E-state index is 12.1. The highest BCUT2D eigenvalue weighted by atomic mass is 79.9. The number of rotatable bonds is 5. The average molecular weight is 423 g/mol. The zero-order chi connectivity index (χ0) is 19.1. The van der Waals surface area contributed by atoms with Crippen molar-refractivity contribution in [3.63, 3.8) is 0 Å². The molecule has 0 spiro atoms.